The third-order valence-corrected chi connectivity index (χ3v) is 25.4. The minimum atomic E-state index is -6.13. The zero-order valence-corrected chi connectivity index (χ0v) is 61.8. The molecule has 6 heterocycles. The van der Waals surface area contributed by atoms with E-state index >= 15 is 0 Å². The Labute approximate surface area is 587 Å². The van der Waals surface area contributed by atoms with Crippen LogP contribution in [0.15, 0.2) is 94.4 Å². The van der Waals surface area contributed by atoms with Gasteiger partial charge in [0.05, 0.1) is 42.6 Å². The molecule has 2 aromatic carbocycles. The van der Waals surface area contributed by atoms with E-state index in [0.29, 0.717) is 70.3 Å². The number of unbranched alkanes of at least 4 members (excludes halogenated alkanes) is 3. The van der Waals surface area contributed by atoms with Crippen LogP contribution in [0.2, 0.25) is 0 Å². The molecule has 5 aliphatic rings. The van der Waals surface area contributed by atoms with Crippen LogP contribution >= 0.6 is 44.2 Å². The quantitative estimate of drug-likeness (QED) is 0.00310. The average Bonchev–Trinajstić information content (AvgIpc) is 1.60. The zero-order chi connectivity index (χ0) is 73.7. The fourth-order valence-electron chi connectivity index (χ4n) is 13.2. The van der Waals surface area contributed by atoms with Crippen LogP contribution in [0.1, 0.15) is 128 Å². The number of nitrogens with two attached hydrogens (primary N) is 1. The number of carbonyl (C=O) groups is 1. The molecule has 558 valence electrons. The number of carbonyl (C=O) groups excluding carboxylic acids is 1. The van der Waals surface area contributed by atoms with Crippen molar-refractivity contribution in [2.45, 2.75) is 141 Å². The predicted octanol–water partition coefficient (Wildman–Crippen LogP) is 7.85. The summed E-state index contributed by atoms with van der Waals surface area (Å²) in [7, 11) is -31.9. The van der Waals surface area contributed by atoms with Gasteiger partial charge in [-0.2, -0.15) is 39.3 Å². The molecule has 42 heteroatoms. The molecule has 2 saturated heterocycles. The molecular formula is C59H84N9O26P4S3+. The number of likely N-dealkylation sites (tertiary alicyclic amines) is 1. The summed E-state index contributed by atoms with van der Waals surface area (Å²) < 4.78 is 152. The number of hydrogen-bond acceptors (Lipinski definition) is 26. The number of nitrogens with zero attached hydrogens (tertiary/aromatic N) is 6. The number of amides is 1. The molecule has 0 radical (unpaired) electrons. The van der Waals surface area contributed by atoms with Gasteiger partial charge < -0.3 is 55.2 Å². The summed E-state index contributed by atoms with van der Waals surface area (Å²) in [6.45, 7) is 10.7. The largest absolute Gasteiger partial charge is 0.490 e. The summed E-state index contributed by atoms with van der Waals surface area (Å²) in [6, 6.07) is 11.5. The van der Waals surface area contributed by atoms with E-state index < -0.39 is 111 Å². The molecule has 9 rings (SSSR count). The molecule has 1 aliphatic carbocycles. The lowest BCUT2D eigenvalue weighted by Gasteiger charge is -2.38. The Morgan fingerprint density at radius 3 is 2.22 bits per heavy atom. The number of rotatable bonds is 34. The first kappa shape index (κ1) is 79.8. The Bertz CT molecular complexity index is 4420. The normalized spacial score (nSPS) is 22.8. The van der Waals surface area contributed by atoms with Gasteiger partial charge in [-0.15, -0.1) is 4.33 Å². The smallest absolute Gasteiger partial charge is 0.390 e. The number of H-pyrrole nitrogens is 1. The monoisotopic (exact) mass is 1550 g/mol. The number of phosphoric acid groups is 4. The molecule has 4 aromatic rings. The first-order valence-electron chi connectivity index (χ1n) is 32.1. The number of nitrogen functional groups attached to an aromatic ring is 1. The molecule has 11 N–H and O–H groups in total. The number of anilines is 2. The van der Waals surface area contributed by atoms with Crippen molar-refractivity contribution in [3.8, 4) is 5.75 Å². The van der Waals surface area contributed by atoms with Crippen molar-refractivity contribution in [3.05, 3.63) is 117 Å². The maximum absolute atomic E-state index is 13.8. The van der Waals surface area contributed by atoms with Gasteiger partial charge >= 0.3 is 31.3 Å². The molecule has 1 amide bonds. The maximum atomic E-state index is 13.8. The fourth-order valence-corrected chi connectivity index (χ4v) is 19.1. The number of aliphatic hydroxyl groups is 1. The van der Waals surface area contributed by atoms with Gasteiger partial charge in [-0.3, -0.25) is 37.3 Å². The summed E-state index contributed by atoms with van der Waals surface area (Å²) in [5, 5.41) is 18.2. The topological polar surface area (TPSA) is 489 Å². The molecule has 35 nitrogen and oxygen atoms in total. The minimum Gasteiger partial charge on any atom is -0.390 e. The van der Waals surface area contributed by atoms with Gasteiger partial charge in [0.1, 0.15) is 18.9 Å². The number of allylic oxidation sites excluding steroid dienone is 7. The van der Waals surface area contributed by atoms with Crippen molar-refractivity contribution in [3.63, 3.8) is 0 Å². The van der Waals surface area contributed by atoms with Crippen LogP contribution in [0.4, 0.5) is 17.3 Å². The summed E-state index contributed by atoms with van der Waals surface area (Å²) >= 11 is 3.59. The Morgan fingerprint density at radius 2 is 1.52 bits per heavy atom. The van der Waals surface area contributed by atoms with Crippen molar-refractivity contribution in [2.75, 3.05) is 68.1 Å². The highest BCUT2D eigenvalue weighted by molar-refractivity contribution is 7.86. The third-order valence-electron chi connectivity index (χ3n) is 17.8. The van der Waals surface area contributed by atoms with Gasteiger partial charge in [-0.05, 0) is 118 Å². The van der Waals surface area contributed by atoms with Crippen LogP contribution in [0, 0.1) is 12.8 Å². The lowest BCUT2D eigenvalue weighted by Crippen LogP contribution is -2.41. The molecule has 0 bridgehead atoms. The fraction of sp³-hybridized carbons (Fsp3) is 0.542. The highest BCUT2D eigenvalue weighted by Crippen LogP contribution is 2.71. The van der Waals surface area contributed by atoms with Crippen molar-refractivity contribution in [2.24, 2.45) is 5.92 Å². The van der Waals surface area contributed by atoms with E-state index in [4.69, 9.17) is 19.9 Å². The van der Waals surface area contributed by atoms with E-state index in [9.17, 15) is 78.5 Å². The number of hydrogen-bond donors (Lipinski definition) is 11. The van der Waals surface area contributed by atoms with Crippen molar-refractivity contribution in [1.82, 2.24) is 29.7 Å². The first-order valence-corrected chi connectivity index (χ1v) is 41.7. The van der Waals surface area contributed by atoms with E-state index in [-0.39, 0.29) is 67.7 Å². The van der Waals surface area contributed by atoms with Crippen LogP contribution in [0.5, 0.6) is 5.75 Å². The standard InChI is InChI=1S/C59H83N9O26P4S3/c1-38-15-19-45-43(33-38)58(2,3)49(66(45)26-11-31-100(80,81)82)21-16-39-13-10-14-40(17-22-50-59(4,5)44-34-42(89-90-91-99)18-20-46(44)67(50)27-12-32-101(83,84)85)53(39)65-28-23-41(24-29-65)55(70)61-25-8-6-7-9-30-86-95(72,73)92-97(76,77)94-98(78,79)93-96(74,75)87-36-48-47(69)35-51(88-48)68-37-62-52-54(68)63-57(60)64-56(52)71/h15-22,33-34,37,41,47-48,51,69H,6-14,23-32,35-36H2,1-5H3,(H10-,60,61,63,64,70,71,72,73,74,75,76,77,78,79,80,81,82,83,84,85,99)/p+1/t47-,48-,51-/m1/s1. The van der Waals surface area contributed by atoms with Crippen molar-refractivity contribution >= 4 is 105 Å². The molecule has 7 atom stereocenters. The van der Waals surface area contributed by atoms with Crippen LogP contribution in [0.3, 0.4) is 0 Å². The molecule has 0 saturated carbocycles. The number of nitrogens with one attached hydrogen (secondary N) is 2. The Hall–Kier alpha value is -5.34. The zero-order valence-electron chi connectivity index (χ0n) is 55.7. The number of fused-ring (bicyclic) bond motifs is 3. The summed E-state index contributed by atoms with van der Waals surface area (Å²) in [5.41, 5.74) is 13.2. The maximum Gasteiger partial charge on any atom is 0.490 e. The molecule has 2 fully saturated rings. The van der Waals surface area contributed by atoms with Gasteiger partial charge in [0.25, 0.3) is 25.8 Å². The highest BCUT2D eigenvalue weighted by atomic mass is 32.2. The molecule has 101 heavy (non-hydrogen) atoms. The summed E-state index contributed by atoms with van der Waals surface area (Å²) in [6.07, 6.45) is 10.4. The van der Waals surface area contributed by atoms with E-state index in [1.54, 1.807) is 12.1 Å². The van der Waals surface area contributed by atoms with Crippen LogP contribution in [-0.2, 0) is 90.2 Å². The van der Waals surface area contributed by atoms with Gasteiger partial charge in [0, 0.05) is 98.1 Å². The van der Waals surface area contributed by atoms with Gasteiger partial charge in [0.15, 0.2) is 22.6 Å². The van der Waals surface area contributed by atoms with Gasteiger partial charge in [-0.1, -0.05) is 56.5 Å². The Kier molecular flexibility index (Phi) is 25.7. The third kappa shape index (κ3) is 20.8. The molecule has 2 aromatic heterocycles. The lowest BCUT2D eigenvalue weighted by molar-refractivity contribution is -0.437. The number of aromatic nitrogens is 4. The van der Waals surface area contributed by atoms with E-state index in [0.717, 1.165) is 62.7 Å². The number of piperidine rings is 1. The van der Waals surface area contributed by atoms with E-state index in [1.165, 1.54) is 10.9 Å². The van der Waals surface area contributed by atoms with Crippen molar-refractivity contribution < 1.29 is 119 Å². The van der Waals surface area contributed by atoms with Crippen LogP contribution in [0.25, 0.3) is 11.2 Å². The number of thiol groups is 1. The molecule has 0 spiro atoms. The number of aryl methyl sites for hydroxylation is 1. The summed E-state index contributed by atoms with van der Waals surface area (Å²) in [4.78, 5) is 86.3. The number of benzene rings is 2. The number of aliphatic hydroxyl groups excluding tert-OH is 1. The second-order valence-corrected chi connectivity index (χ2v) is 35.4. The molecule has 4 aliphatic heterocycles. The number of imidazole rings is 1. The molecule has 4 unspecified atom stereocenters. The Balaban J connectivity index is 0.798. The van der Waals surface area contributed by atoms with E-state index in [2.05, 4.69) is 108 Å². The van der Waals surface area contributed by atoms with Gasteiger partial charge in [-0.25, -0.2) is 23.2 Å². The number of ether oxygens (including phenoxy) is 1. The lowest BCUT2D eigenvalue weighted by atomic mass is 9.80. The van der Waals surface area contributed by atoms with Crippen molar-refractivity contribution in [1.29, 1.82) is 0 Å². The van der Waals surface area contributed by atoms with Crippen LogP contribution < -0.4 is 26.4 Å². The number of phosphoric ester groups is 2. The van der Waals surface area contributed by atoms with Gasteiger partial charge in [0.2, 0.25) is 17.5 Å². The second kappa shape index (κ2) is 32.6. The first-order chi connectivity index (χ1) is 47.3. The second-order valence-electron chi connectivity index (χ2n) is 25.9. The van der Waals surface area contributed by atoms with E-state index in [1.807, 2.05) is 49.6 Å². The minimum absolute atomic E-state index is 0.0180. The Morgan fingerprint density at radius 1 is 0.851 bits per heavy atom. The predicted molar refractivity (Wildman–Crippen MR) is 368 cm³/mol. The number of aromatic amines is 1. The highest BCUT2D eigenvalue weighted by Gasteiger charge is 2.48. The average molecular weight is 1560 g/mol. The SMILES string of the molecule is Cc1ccc2c(c1)C(C)(C)/C(=C/C=C1\CCCC(/C=C/C3=[N+](CCCS(=O)(=O)O)c4ccc(OOOS)cc4C3(C)C)=C1N1CCC(C(=O)NCCCCCCOP(=O)(O)OP(=O)(O)OP(=O)(O)OP(=O)(O)OC[C@H]3O[C@@H](n4cnc5c(=O)[nH]c(N)nc54)C[C@H]3O)CC1)N2CCCS(=O)(=O)O. The summed E-state index contributed by atoms with van der Waals surface area (Å²) in [5.74, 6) is -1.29. The molecular weight excluding hydrogens is 1470 g/mol. The van der Waals surface area contributed by atoms with Crippen LogP contribution in [-0.4, -0.2) is 161 Å².